The predicted molar refractivity (Wildman–Crippen MR) is 130 cm³/mol. The number of amides is 2. The first-order valence-electron chi connectivity index (χ1n) is 11.1. The number of hydrogen-bond acceptors (Lipinski definition) is 6. The fourth-order valence-corrected chi connectivity index (χ4v) is 3.26. The van der Waals surface area contributed by atoms with Crippen LogP contribution in [0.1, 0.15) is 64.8 Å². The molecule has 0 unspecified atom stereocenters. The summed E-state index contributed by atoms with van der Waals surface area (Å²) in [5.74, 6) is 1.21. The van der Waals surface area contributed by atoms with E-state index in [1.54, 1.807) is 80.0 Å². The van der Waals surface area contributed by atoms with Crippen LogP contribution in [-0.4, -0.2) is 37.6 Å². The summed E-state index contributed by atoms with van der Waals surface area (Å²) in [5.41, 5.74) is 0.00308. The van der Waals surface area contributed by atoms with Crippen molar-refractivity contribution in [1.29, 1.82) is 0 Å². The lowest BCUT2D eigenvalue weighted by Gasteiger charge is -2.32. The summed E-state index contributed by atoms with van der Waals surface area (Å²) in [4.78, 5) is 25.7. The number of carbonyl (C=O) groups is 2. The molecule has 2 aromatic carbocycles. The predicted octanol–water partition coefficient (Wildman–Crippen LogP) is 5.54. The van der Waals surface area contributed by atoms with Gasteiger partial charge in [0.25, 0.3) is 0 Å². The van der Waals surface area contributed by atoms with Crippen LogP contribution in [0.4, 0.5) is 9.59 Å². The molecular weight excluding hydrogens is 436 g/mol. The Morgan fingerprint density at radius 1 is 0.676 bits per heavy atom. The second-order valence-corrected chi connectivity index (χ2v) is 9.80. The number of carbonyl (C=O) groups excluding carboxylic acids is 2. The van der Waals surface area contributed by atoms with Crippen LogP contribution in [0.25, 0.3) is 0 Å². The monoisotopic (exact) mass is 472 g/mol. The Kier molecular flexibility index (Phi) is 8.79. The molecule has 0 heterocycles. The Balaban J connectivity index is 2.57. The zero-order valence-electron chi connectivity index (χ0n) is 21.2. The van der Waals surface area contributed by atoms with Crippen LogP contribution in [0.2, 0.25) is 0 Å². The molecule has 2 aromatic rings. The van der Waals surface area contributed by atoms with Crippen LogP contribution in [0, 0.1) is 0 Å². The van der Waals surface area contributed by atoms with Crippen molar-refractivity contribution in [1.82, 2.24) is 10.6 Å². The van der Waals surface area contributed by atoms with Crippen LogP contribution in [0.5, 0.6) is 11.5 Å². The highest BCUT2D eigenvalue weighted by Crippen LogP contribution is 2.33. The summed E-state index contributed by atoms with van der Waals surface area (Å²) in [6, 6.07) is 13.1. The Labute approximate surface area is 201 Å². The van der Waals surface area contributed by atoms with Gasteiger partial charge in [0.05, 0.1) is 26.3 Å². The number of methoxy groups -OCH3 is 2. The molecule has 186 valence electrons. The average molecular weight is 473 g/mol. The number of benzene rings is 2. The van der Waals surface area contributed by atoms with Crippen molar-refractivity contribution in [2.75, 3.05) is 14.2 Å². The second kappa shape index (κ2) is 11.1. The highest BCUT2D eigenvalue weighted by atomic mass is 16.6. The molecule has 8 heteroatoms. The van der Waals surface area contributed by atoms with Gasteiger partial charge in [0.1, 0.15) is 22.7 Å². The van der Waals surface area contributed by atoms with E-state index in [-0.39, 0.29) is 0 Å². The van der Waals surface area contributed by atoms with Crippen molar-refractivity contribution in [2.45, 2.75) is 64.8 Å². The molecule has 0 radical (unpaired) electrons. The third-order valence-electron chi connectivity index (χ3n) is 4.58. The maximum absolute atomic E-state index is 12.8. The van der Waals surface area contributed by atoms with Gasteiger partial charge < -0.3 is 29.6 Å². The van der Waals surface area contributed by atoms with Gasteiger partial charge in [0, 0.05) is 0 Å². The average Bonchev–Trinajstić information content (AvgIpc) is 2.73. The fraction of sp³-hybridized carbons (Fsp3) is 0.462. The van der Waals surface area contributed by atoms with E-state index in [4.69, 9.17) is 18.9 Å². The molecule has 2 amide bonds. The van der Waals surface area contributed by atoms with Crippen molar-refractivity contribution < 1.29 is 28.5 Å². The van der Waals surface area contributed by atoms with Gasteiger partial charge >= 0.3 is 12.2 Å². The van der Waals surface area contributed by atoms with Crippen LogP contribution in [0.15, 0.2) is 48.5 Å². The topological polar surface area (TPSA) is 95.1 Å². The number of rotatable bonds is 7. The minimum Gasteiger partial charge on any atom is -0.497 e. The summed E-state index contributed by atoms with van der Waals surface area (Å²) >= 11 is 0. The summed E-state index contributed by atoms with van der Waals surface area (Å²) in [6.45, 7) is 10.7. The van der Waals surface area contributed by atoms with E-state index < -0.39 is 35.5 Å². The molecule has 0 aliphatic carbocycles. The fourth-order valence-electron chi connectivity index (χ4n) is 3.26. The quantitative estimate of drug-likeness (QED) is 0.550. The molecule has 0 aliphatic rings. The smallest absolute Gasteiger partial charge is 0.408 e. The first-order valence-corrected chi connectivity index (χ1v) is 11.1. The molecule has 0 spiro atoms. The van der Waals surface area contributed by atoms with E-state index in [2.05, 4.69) is 10.6 Å². The standard InChI is InChI=1S/C26H36N2O6/c1-25(2,3)33-23(29)27-21(17-11-9-13-19(15-17)31-7)22(28-24(30)34-26(4,5)6)18-12-10-14-20(16-18)32-8/h9-16,21-22H,1-8H3,(H,27,29)(H,28,30)/t21-,22-/m1/s1. The van der Waals surface area contributed by atoms with E-state index in [1.807, 2.05) is 24.3 Å². The van der Waals surface area contributed by atoms with Crippen molar-refractivity contribution >= 4 is 12.2 Å². The van der Waals surface area contributed by atoms with Crippen molar-refractivity contribution in [3.63, 3.8) is 0 Å². The molecule has 0 saturated heterocycles. The van der Waals surface area contributed by atoms with Gasteiger partial charge in [-0.15, -0.1) is 0 Å². The molecule has 0 bridgehead atoms. The molecular formula is C26H36N2O6. The zero-order valence-corrected chi connectivity index (χ0v) is 21.2. The SMILES string of the molecule is COc1cccc([C@@H](NC(=O)OC(C)(C)C)[C@H](NC(=O)OC(C)(C)C)c2cccc(OC)c2)c1. The van der Waals surface area contributed by atoms with E-state index in [1.165, 1.54) is 0 Å². The summed E-state index contributed by atoms with van der Waals surface area (Å²) in [7, 11) is 3.13. The van der Waals surface area contributed by atoms with E-state index in [9.17, 15) is 9.59 Å². The molecule has 2 atom stereocenters. The number of alkyl carbamates (subject to hydrolysis) is 2. The summed E-state index contributed by atoms with van der Waals surface area (Å²) < 4.78 is 21.8. The van der Waals surface area contributed by atoms with E-state index in [0.717, 1.165) is 0 Å². The largest absolute Gasteiger partial charge is 0.497 e. The molecule has 0 fully saturated rings. The maximum atomic E-state index is 12.8. The number of ether oxygens (including phenoxy) is 4. The molecule has 8 nitrogen and oxygen atoms in total. The van der Waals surface area contributed by atoms with Gasteiger partial charge in [-0.25, -0.2) is 9.59 Å². The number of nitrogens with one attached hydrogen (secondary N) is 2. The highest BCUT2D eigenvalue weighted by Gasteiger charge is 2.32. The molecule has 0 saturated carbocycles. The van der Waals surface area contributed by atoms with Crippen LogP contribution in [-0.2, 0) is 9.47 Å². The van der Waals surface area contributed by atoms with Gasteiger partial charge in [0.2, 0.25) is 0 Å². The lowest BCUT2D eigenvalue weighted by molar-refractivity contribution is 0.0427. The van der Waals surface area contributed by atoms with E-state index >= 15 is 0 Å². The zero-order chi connectivity index (χ0) is 25.5. The van der Waals surface area contributed by atoms with Crippen molar-refractivity contribution in [3.05, 3.63) is 59.7 Å². The van der Waals surface area contributed by atoms with Crippen molar-refractivity contribution in [3.8, 4) is 11.5 Å². The Hall–Kier alpha value is -3.42. The van der Waals surface area contributed by atoms with E-state index in [0.29, 0.717) is 22.6 Å². The third-order valence-corrected chi connectivity index (χ3v) is 4.58. The number of hydrogen-bond donors (Lipinski definition) is 2. The lowest BCUT2D eigenvalue weighted by atomic mass is 9.93. The van der Waals surface area contributed by atoms with Crippen LogP contribution in [0.3, 0.4) is 0 Å². The first-order chi connectivity index (χ1) is 15.8. The Bertz CT molecular complexity index is 898. The minimum atomic E-state index is -0.718. The normalized spacial score (nSPS) is 13.3. The Morgan fingerprint density at radius 3 is 1.32 bits per heavy atom. The lowest BCUT2D eigenvalue weighted by Crippen LogP contribution is -2.44. The highest BCUT2D eigenvalue weighted by molar-refractivity contribution is 5.71. The van der Waals surface area contributed by atoms with Crippen molar-refractivity contribution in [2.24, 2.45) is 0 Å². The summed E-state index contributed by atoms with van der Waals surface area (Å²) in [5, 5.41) is 5.84. The third kappa shape index (κ3) is 8.50. The molecule has 34 heavy (non-hydrogen) atoms. The second-order valence-electron chi connectivity index (χ2n) is 9.80. The van der Waals surface area contributed by atoms with Gasteiger partial charge in [-0.1, -0.05) is 24.3 Å². The first kappa shape index (κ1) is 26.8. The van der Waals surface area contributed by atoms with Crippen LogP contribution >= 0.6 is 0 Å². The van der Waals surface area contributed by atoms with Gasteiger partial charge in [-0.2, -0.15) is 0 Å². The van der Waals surface area contributed by atoms with Crippen LogP contribution < -0.4 is 20.1 Å². The van der Waals surface area contributed by atoms with Gasteiger partial charge in [0.15, 0.2) is 0 Å². The molecule has 2 N–H and O–H groups in total. The minimum absolute atomic E-state index is 0.607. The summed E-state index contributed by atoms with van der Waals surface area (Å²) in [6.07, 6.45) is -1.25. The van der Waals surface area contributed by atoms with Gasteiger partial charge in [-0.3, -0.25) is 0 Å². The molecule has 0 aromatic heterocycles. The Morgan fingerprint density at radius 2 is 1.03 bits per heavy atom. The molecule has 0 aliphatic heterocycles. The van der Waals surface area contributed by atoms with Gasteiger partial charge in [-0.05, 0) is 76.9 Å². The molecule has 2 rings (SSSR count). The maximum Gasteiger partial charge on any atom is 0.408 e.